The number of nitrogens with one attached hydrogen (secondary N) is 2. The number of rotatable bonds is 7. The first-order valence-electron chi connectivity index (χ1n) is 10.6. The molecule has 1 aliphatic rings. The summed E-state index contributed by atoms with van der Waals surface area (Å²) >= 11 is 0. The number of nitrogens with zero attached hydrogens (tertiary/aromatic N) is 6. The molecule has 31 heavy (non-hydrogen) atoms. The van der Waals surface area contributed by atoms with Crippen LogP contribution in [0.1, 0.15) is 35.9 Å². The molecule has 1 aliphatic carbocycles. The van der Waals surface area contributed by atoms with Crippen LogP contribution in [0.4, 0.5) is 11.6 Å². The summed E-state index contributed by atoms with van der Waals surface area (Å²) in [5, 5.41) is 21.0. The monoisotopic (exact) mass is 422 g/mol. The Balaban J connectivity index is 1.64. The van der Waals surface area contributed by atoms with Gasteiger partial charge in [0.1, 0.15) is 16.9 Å². The van der Waals surface area contributed by atoms with E-state index in [0.717, 1.165) is 35.1 Å². The number of amides is 1. The molecule has 0 radical (unpaired) electrons. The van der Waals surface area contributed by atoms with Crippen molar-refractivity contribution in [3.05, 3.63) is 29.8 Å². The molecule has 1 amide bonds. The third-order valence-electron chi connectivity index (χ3n) is 5.70. The lowest BCUT2D eigenvalue weighted by atomic mass is 10.2. The molecule has 10 nitrogen and oxygen atoms in total. The second kappa shape index (κ2) is 7.38. The van der Waals surface area contributed by atoms with Crippen molar-refractivity contribution in [2.45, 2.75) is 45.8 Å². The summed E-state index contributed by atoms with van der Waals surface area (Å²) in [5.41, 5.74) is 3.90. The number of fused-ring (bicyclic) bond motifs is 3. The average Bonchev–Trinajstić information content (AvgIpc) is 3.19. The van der Waals surface area contributed by atoms with Crippen molar-refractivity contribution in [2.24, 2.45) is 7.05 Å². The van der Waals surface area contributed by atoms with Gasteiger partial charge in [-0.25, -0.2) is 9.97 Å². The van der Waals surface area contributed by atoms with Crippen molar-refractivity contribution >= 4 is 39.6 Å². The molecule has 0 spiro atoms. The third kappa shape index (κ3) is 3.32. The van der Waals surface area contributed by atoms with E-state index in [1.807, 2.05) is 42.2 Å². The number of hydrogen-bond donors (Lipinski definition) is 3. The molecule has 5 rings (SSSR count). The van der Waals surface area contributed by atoms with Gasteiger partial charge in [-0.2, -0.15) is 5.10 Å². The quantitative estimate of drug-likeness (QED) is 0.420. The third-order valence-corrected chi connectivity index (χ3v) is 5.70. The Hall–Kier alpha value is -3.40. The summed E-state index contributed by atoms with van der Waals surface area (Å²) in [6, 6.07) is 4.11. The number of imidazole rings is 1. The number of hydrogen-bond acceptors (Lipinski definition) is 6. The molecule has 4 aromatic rings. The molecular formula is C21H26N8O2. The molecule has 0 aromatic carbocycles. The molecule has 10 heteroatoms. The summed E-state index contributed by atoms with van der Waals surface area (Å²) in [6.07, 6.45) is 3.83. The number of anilines is 2. The van der Waals surface area contributed by atoms with Crippen LogP contribution < -0.4 is 10.6 Å². The minimum Gasteiger partial charge on any atom is -0.394 e. The minimum absolute atomic E-state index is 0.0202. The lowest BCUT2D eigenvalue weighted by molar-refractivity contribution is 0.0942. The van der Waals surface area contributed by atoms with E-state index in [1.54, 1.807) is 11.0 Å². The van der Waals surface area contributed by atoms with Crippen LogP contribution in [0.15, 0.2) is 18.5 Å². The fourth-order valence-corrected chi connectivity index (χ4v) is 4.01. The zero-order chi connectivity index (χ0) is 21.7. The Bertz CT molecular complexity index is 1290. The van der Waals surface area contributed by atoms with Gasteiger partial charge in [0.15, 0.2) is 11.6 Å². The zero-order valence-electron chi connectivity index (χ0n) is 17.9. The Labute approximate surface area is 178 Å². The highest BCUT2D eigenvalue weighted by molar-refractivity contribution is 6.10. The number of aliphatic hydroxyl groups is 1. The summed E-state index contributed by atoms with van der Waals surface area (Å²) in [5.74, 6) is 1.15. The van der Waals surface area contributed by atoms with E-state index in [0.29, 0.717) is 35.9 Å². The van der Waals surface area contributed by atoms with Crippen LogP contribution in [0.2, 0.25) is 0 Å². The largest absolute Gasteiger partial charge is 0.394 e. The van der Waals surface area contributed by atoms with Gasteiger partial charge in [-0.3, -0.25) is 9.48 Å². The van der Waals surface area contributed by atoms with E-state index in [4.69, 9.17) is 4.98 Å². The molecule has 0 aliphatic heterocycles. The van der Waals surface area contributed by atoms with Crippen molar-refractivity contribution in [3.8, 4) is 0 Å². The van der Waals surface area contributed by atoms with Crippen molar-refractivity contribution in [1.29, 1.82) is 0 Å². The topological polar surface area (TPSA) is 115 Å². The van der Waals surface area contributed by atoms with Crippen molar-refractivity contribution in [2.75, 3.05) is 11.9 Å². The first-order valence-corrected chi connectivity index (χ1v) is 10.6. The van der Waals surface area contributed by atoms with Crippen LogP contribution >= 0.6 is 0 Å². The summed E-state index contributed by atoms with van der Waals surface area (Å²) in [7, 11) is 1.94. The molecule has 0 unspecified atom stereocenters. The van der Waals surface area contributed by atoms with E-state index in [2.05, 4.69) is 20.7 Å². The maximum Gasteiger partial charge on any atom is 0.268 e. The first-order chi connectivity index (χ1) is 15.0. The van der Waals surface area contributed by atoms with E-state index < -0.39 is 0 Å². The van der Waals surface area contributed by atoms with Gasteiger partial charge >= 0.3 is 0 Å². The normalized spacial score (nSPS) is 13.9. The first kappa shape index (κ1) is 19.6. The summed E-state index contributed by atoms with van der Waals surface area (Å²) < 4.78 is 5.63. The van der Waals surface area contributed by atoms with Gasteiger partial charge in [-0.15, -0.1) is 0 Å². The Morgan fingerprint density at radius 1 is 1.32 bits per heavy atom. The smallest absolute Gasteiger partial charge is 0.268 e. The highest BCUT2D eigenvalue weighted by Crippen LogP contribution is 2.32. The molecule has 4 aromatic heterocycles. The van der Waals surface area contributed by atoms with Gasteiger partial charge in [-0.1, -0.05) is 0 Å². The SMILES string of the molecule is CCn1c(C(=O)NC2CC2)cc2c3c(ncn3C)c(Nc3cc(C)n(CCO)n3)nc21. The van der Waals surface area contributed by atoms with Gasteiger partial charge < -0.3 is 24.9 Å². The summed E-state index contributed by atoms with van der Waals surface area (Å²) in [4.78, 5) is 22.3. The average molecular weight is 422 g/mol. The molecule has 1 saturated carbocycles. The Morgan fingerprint density at radius 3 is 2.84 bits per heavy atom. The summed E-state index contributed by atoms with van der Waals surface area (Å²) in [6.45, 7) is 5.02. The highest BCUT2D eigenvalue weighted by atomic mass is 16.3. The van der Waals surface area contributed by atoms with Crippen molar-refractivity contribution in [1.82, 2.24) is 34.2 Å². The van der Waals surface area contributed by atoms with Gasteiger partial charge in [0.25, 0.3) is 5.91 Å². The van der Waals surface area contributed by atoms with Crippen molar-refractivity contribution in [3.63, 3.8) is 0 Å². The molecule has 4 heterocycles. The molecular weight excluding hydrogens is 396 g/mol. The number of aliphatic hydroxyl groups excluding tert-OH is 1. The number of aryl methyl sites for hydroxylation is 3. The van der Waals surface area contributed by atoms with Crippen LogP contribution in [0.3, 0.4) is 0 Å². The van der Waals surface area contributed by atoms with Crippen LogP contribution in [0, 0.1) is 6.92 Å². The Kier molecular flexibility index (Phi) is 4.66. The maximum absolute atomic E-state index is 12.9. The van der Waals surface area contributed by atoms with Gasteiger partial charge in [0, 0.05) is 36.8 Å². The minimum atomic E-state index is -0.0643. The lowest BCUT2D eigenvalue weighted by Gasteiger charge is -2.09. The number of carbonyl (C=O) groups excluding carboxylic acids is 1. The molecule has 1 fully saturated rings. The standard InChI is InChI=1S/C21H26N8O2/c1-4-28-15(21(31)23-13-5-6-13)10-14-18-17(22-11-27(18)3)19(25-20(14)28)24-16-9-12(2)29(26-16)7-8-30/h9-11,13,30H,4-8H2,1-3H3,(H,23,31)(H,24,25,26). The van der Waals surface area contributed by atoms with E-state index in [-0.39, 0.29) is 18.6 Å². The maximum atomic E-state index is 12.9. The molecule has 3 N–H and O–H groups in total. The molecule has 0 bridgehead atoms. The van der Waals surface area contributed by atoms with Crippen LogP contribution in [0.5, 0.6) is 0 Å². The number of pyridine rings is 1. The predicted octanol–water partition coefficient (Wildman–Crippen LogP) is 2.08. The second-order valence-corrected chi connectivity index (χ2v) is 8.01. The van der Waals surface area contributed by atoms with E-state index in [9.17, 15) is 9.90 Å². The van der Waals surface area contributed by atoms with Crippen molar-refractivity contribution < 1.29 is 9.90 Å². The van der Waals surface area contributed by atoms with E-state index in [1.165, 1.54) is 0 Å². The molecule has 162 valence electrons. The lowest BCUT2D eigenvalue weighted by Crippen LogP contribution is -2.27. The molecule has 0 saturated heterocycles. The fourth-order valence-electron chi connectivity index (χ4n) is 4.01. The number of carbonyl (C=O) groups is 1. The zero-order valence-corrected chi connectivity index (χ0v) is 17.9. The van der Waals surface area contributed by atoms with E-state index >= 15 is 0 Å². The predicted molar refractivity (Wildman–Crippen MR) is 117 cm³/mol. The van der Waals surface area contributed by atoms with Crippen LogP contribution in [-0.4, -0.2) is 52.5 Å². The second-order valence-electron chi connectivity index (χ2n) is 8.01. The number of aromatic nitrogens is 6. The van der Waals surface area contributed by atoms with Gasteiger partial charge in [0.05, 0.1) is 25.0 Å². The van der Waals surface area contributed by atoms with Crippen LogP contribution in [-0.2, 0) is 20.1 Å². The highest BCUT2D eigenvalue weighted by Gasteiger charge is 2.27. The fraction of sp³-hybridized carbons (Fsp3) is 0.429. The van der Waals surface area contributed by atoms with Gasteiger partial charge in [0.2, 0.25) is 0 Å². The molecule has 0 atom stereocenters. The van der Waals surface area contributed by atoms with Gasteiger partial charge in [-0.05, 0) is 32.8 Å². The van der Waals surface area contributed by atoms with Crippen LogP contribution in [0.25, 0.3) is 22.1 Å². The Morgan fingerprint density at radius 2 is 2.13 bits per heavy atom.